The lowest BCUT2D eigenvalue weighted by molar-refractivity contribution is -0.120. The van der Waals surface area contributed by atoms with Gasteiger partial charge in [0.15, 0.2) is 0 Å². The average molecular weight is 435 g/mol. The fourth-order valence-electron chi connectivity index (χ4n) is 4.39. The van der Waals surface area contributed by atoms with Gasteiger partial charge in [-0.1, -0.05) is 25.1 Å². The number of nitrogens with zero attached hydrogens (tertiary/aromatic N) is 2. The van der Waals surface area contributed by atoms with Crippen molar-refractivity contribution in [1.82, 2.24) is 4.90 Å². The molecule has 6 nitrogen and oxygen atoms in total. The fourth-order valence-corrected chi connectivity index (χ4v) is 4.39. The minimum Gasteiger partial charge on any atom is -0.497 e. The van der Waals surface area contributed by atoms with Gasteiger partial charge in [-0.3, -0.25) is 9.59 Å². The maximum atomic E-state index is 13.8. The number of amides is 2. The first-order valence-corrected chi connectivity index (χ1v) is 11.0. The fraction of sp³-hybridized carbons (Fsp3) is 0.385. The third-order valence-corrected chi connectivity index (χ3v) is 6.58. The van der Waals surface area contributed by atoms with Crippen molar-refractivity contribution in [3.8, 4) is 11.5 Å². The molecule has 0 N–H and O–H groups in total. The number of carbonyl (C=O) groups excluding carboxylic acids is 2. The molecule has 0 saturated carbocycles. The highest BCUT2D eigenvalue weighted by molar-refractivity contribution is 6.45. The Morgan fingerprint density at radius 2 is 1.59 bits per heavy atom. The number of piperidine rings is 1. The molecule has 6 heteroatoms. The Morgan fingerprint density at radius 3 is 2.22 bits per heavy atom. The molecule has 4 rings (SSSR count). The first-order chi connectivity index (χ1) is 15.3. The van der Waals surface area contributed by atoms with Gasteiger partial charge in [0, 0.05) is 19.2 Å². The Bertz CT molecular complexity index is 1100. The number of rotatable bonds is 5. The smallest absolute Gasteiger partial charge is 0.282 e. The van der Waals surface area contributed by atoms with Gasteiger partial charge in [0.2, 0.25) is 0 Å². The molecule has 2 aromatic carbocycles. The summed E-state index contributed by atoms with van der Waals surface area (Å²) in [6.07, 6.45) is 1.99. The van der Waals surface area contributed by atoms with E-state index in [1.807, 2.05) is 32.0 Å². The van der Waals surface area contributed by atoms with Crippen LogP contribution in [0.5, 0.6) is 11.5 Å². The SMILES string of the molecule is COc1ccc(N2C(=O)C(c3ccc(C)c(C)c3)=C(N3CCC(C)CC3)C2=O)c(OC)c1. The Balaban J connectivity index is 1.84. The summed E-state index contributed by atoms with van der Waals surface area (Å²) in [7, 11) is 3.09. The second-order valence-corrected chi connectivity index (χ2v) is 8.68. The van der Waals surface area contributed by atoms with E-state index in [9.17, 15) is 9.59 Å². The number of imide groups is 1. The van der Waals surface area contributed by atoms with Crippen LogP contribution in [0.1, 0.15) is 36.5 Å². The van der Waals surface area contributed by atoms with Crippen LogP contribution in [-0.4, -0.2) is 44.0 Å². The summed E-state index contributed by atoms with van der Waals surface area (Å²) in [5.41, 5.74) is 4.38. The number of likely N-dealkylation sites (tertiary alicyclic amines) is 1. The molecule has 0 aromatic heterocycles. The average Bonchev–Trinajstić information content (AvgIpc) is 3.05. The first-order valence-electron chi connectivity index (χ1n) is 11.0. The van der Waals surface area contributed by atoms with Crippen LogP contribution in [0, 0.1) is 19.8 Å². The molecule has 32 heavy (non-hydrogen) atoms. The van der Waals surface area contributed by atoms with E-state index < -0.39 is 0 Å². The molecule has 2 aliphatic rings. The Kier molecular flexibility index (Phi) is 5.96. The second kappa shape index (κ2) is 8.69. The first kappa shape index (κ1) is 21.9. The third kappa shape index (κ3) is 3.74. The lowest BCUT2D eigenvalue weighted by Gasteiger charge is -2.32. The summed E-state index contributed by atoms with van der Waals surface area (Å²) in [5.74, 6) is 0.995. The summed E-state index contributed by atoms with van der Waals surface area (Å²) >= 11 is 0. The molecular formula is C26H30N2O4. The molecule has 1 fully saturated rings. The molecule has 0 aliphatic carbocycles. The molecule has 0 atom stereocenters. The summed E-state index contributed by atoms with van der Waals surface area (Å²) in [5, 5.41) is 0. The number of carbonyl (C=O) groups is 2. The van der Waals surface area contributed by atoms with Crippen molar-refractivity contribution < 1.29 is 19.1 Å². The van der Waals surface area contributed by atoms with Crippen LogP contribution in [0.15, 0.2) is 42.1 Å². The number of methoxy groups -OCH3 is 2. The highest BCUT2D eigenvalue weighted by Crippen LogP contribution is 2.41. The monoisotopic (exact) mass is 434 g/mol. The zero-order chi connectivity index (χ0) is 23.0. The van der Waals surface area contributed by atoms with E-state index in [1.54, 1.807) is 25.3 Å². The standard InChI is InChI=1S/C26H30N2O4/c1-16-10-12-27(13-11-16)24-23(19-7-6-17(2)18(3)14-19)25(29)28(26(24)30)21-9-8-20(31-4)15-22(21)32-5/h6-9,14-16H,10-13H2,1-5H3. The van der Waals surface area contributed by atoms with Gasteiger partial charge >= 0.3 is 0 Å². The molecule has 0 unspecified atom stereocenters. The molecule has 0 spiro atoms. The van der Waals surface area contributed by atoms with Crippen LogP contribution >= 0.6 is 0 Å². The number of ether oxygens (including phenoxy) is 2. The van der Waals surface area contributed by atoms with Crippen molar-refractivity contribution in [1.29, 1.82) is 0 Å². The predicted octanol–water partition coefficient (Wildman–Crippen LogP) is 4.34. The normalized spacial score (nSPS) is 17.4. The van der Waals surface area contributed by atoms with Gasteiger partial charge in [-0.25, -0.2) is 4.90 Å². The van der Waals surface area contributed by atoms with Crippen LogP contribution in [0.4, 0.5) is 5.69 Å². The molecule has 1 saturated heterocycles. The van der Waals surface area contributed by atoms with Crippen molar-refractivity contribution in [2.45, 2.75) is 33.6 Å². The summed E-state index contributed by atoms with van der Waals surface area (Å²) < 4.78 is 10.8. The highest BCUT2D eigenvalue weighted by Gasteiger charge is 2.44. The second-order valence-electron chi connectivity index (χ2n) is 8.68. The van der Waals surface area contributed by atoms with Crippen molar-refractivity contribution in [3.05, 3.63) is 58.8 Å². The summed E-state index contributed by atoms with van der Waals surface area (Å²) in [6.45, 7) is 7.81. The summed E-state index contributed by atoms with van der Waals surface area (Å²) in [6, 6.07) is 11.1. The largest absolute Gasteiger partial charge is 0.497 e. The van der Waals surface area contributed by atoms with Gasteiger partial charge < -0.3 is 14.4 Å². The summed E-state index contributed by atoms with van der Waals surface area (Å²) in [4.78, 5) is 30.9. The topological polar surface area (TPSA) is 59.1 Å². The Morgan fingerprint density at radius 1 is 0.875 bits per heavy atom. The lowest BCUT2D eigenvalue weighted by atomic mass is 9.96. The van der Waals surface area contributed by atoms with E-state index in [1.165, 1.54) is 12.0 Å². The minimum absolute atomic E-state index is 0.304. The van der Waals surface area contributed by atoms with Crippen LogP contribution in [-0.2, 0) is 9.59 Å². The maximum Gasteiger partial charge on any atom is 0.282 e. The van der Waals surface area contributed by atoms with E-state index in [2.05, 4.69) is 11.8 Å². The van der Waals surface area contributed by atoms with Crippen LogP contribution in [0.3, 0.4) is 0 Å². The Hall–Kier alpha value is -3.28. The molecule has 2 heterocycles. The van der Waals surface area contributed by atoms with Crippen LogP contribution < -0.4 is 14.4 Å². The molecule has 2 aliphatic heterocycles. The zero-order valence-electron chi connectivity index (χ0n) is 19.4. The Labute approximate surface area is 189 Å². The highest BCUT2D eigenvalue weighted by atomic mass is 16.5. The van der Waals surface area contributed by atoms with Crippen molar-refractivity contribution in [2.75, 3.05) is 32.2 Å². The van der Waals surface area contributed by atoms with E-state index in [4.69, 9.17) is 9.47 Å². The van der Waals surface area contributed by atoms with E-state index >= 15 is 0 Å². The molecule has 0 radical (unpaired) electrons. The molecule has 2 amide bonds. The van der Waals surface area contributed by atoms with Gasteiger partial charge in [-0.15, -0.1) is 0 Å². The van der Waals surface area contributed by atoms with E-state index in [0.717, 1.165) is 42.6 Å². The van der Waals surface area contributed by atoms with E-state index in [-0.39, 0.29) is 11.8 Å². The third-order valence-electron chi connectivity index (χ3n) is 6.58. The van der Waals surface area contributed by atoms with Crippen LogP contribution in [0.25, 0.3) is 5.57 Å². The quantitative estimate of drug-likeness (QED) is 0.656. The number of benzene rings is 2. The van der Waals surface area contributed by atoms with Gasteiger partial charge in [0.25, 0.3) is 11.8 Å². The number of aryl methyl sites for hydroxylation is 2. The van der Waals surface area contributed by atoms with Crippen molar-refractivity contribution in [3.63, 3.8) is 0 Å². The minimum atomic E-state index is -0.324. The van der Waals surface area contributed by atoms with Crippen LogP contribution in [0.2, 0.25) is 0 Å². The molecule has 2 aromatic rings. The maximum absolute atomic E-state index is 13.8. The zero-order valence-corrected chi connectivity index (χ0v) is 19.4. The van der Waals surface area contributed by atoms with Crippen molar-refractivity contribution in [2.24, 2.45) is 5.92 Å². The number of hydrogen-bond acceptors (Lipinski definition) is 5. The van der Waals surface area contributed by atoms with E-state index in [0.29, 0.717) is 34.4 Å². The number of anilines is 1. The predicted molar refractivity (Wildman–Crippen MR) is 125 cm³/mol. The lowest BCUT2D eigenvalue weighted by Crippen LogP contribution is -2.38. The molecule has 0 bridgehead atoms. The molecular weight excluding hydrogens is 404 g/mol. The van der Waals surface area contributed by atoms with Gasteiger partial charge in [-0.05, 0) is 61.4 Å². The van der Waals surface area contributed by atoms with Gasteiger partial charge in [0.05, 0.1) is 25.5 Å². The number of hydrogen-bond donors (Lipinski definition) is 0. The van der Waals surface area contributed by atoms with Gasteiger partial charge in [0.1, 0.15) is 17.2 Å². The van der Waals surface area contributed by atoms with Gasteiger partial charge in [-0.2, -0.15) is 0 Å². The van der Waals surface area contributed by atoms with Crippen molar-refractivity contribution >= 4 is 23.1 Å². The molecule has 168 valence electrons.